The van der Waals surface area contributed by atoms with Crippen molar-refractivity contribution in [3.63, 3.8) is 0 Å². The van der Waals surface area contributed by atoms with Crippen molar-refractivity contribution in [3.8, 4) is 0 Å². The third kappa shape index (κ3) is 3.22. The number of rotatable bonds is 3. The summed E-state index contributed by atoms with van der Waals surface area (Å²) in [6, 6.07) is 12.1. The summed E-state index contributed by atoms with van der Waals surface area (Å²) < 4.78 is 1.23. The average Bonchev–Trinajstić information content (AvgIpc) is 3.05. The standard InChI is InChI=1S/C22H21N5O3/c1-4-27-22(30)16-8-6-5-7-15(16)19(26-27)21(29)25-24-20(28)14-9-10-18-17(11-14)12(2)13(3)23-18/h5-11,23H,4H2,1-3H3,(H,24,28)(H,25,29). The predicted octanol–water partition coefficient (Wildman–Crippen LogP) is 2.59. The number of hydrogen-bond donors (Lipinski definition) is 3. The van der Waals surface area contributed by atoms with E-state index in [0.717, 1.165) is 22.2 Å². The lowest BCUT2D eigenvalue weighted by Gasteiger charge is -2.11. The van der Waals surface area contributed by atoms with Gasteiger partial charge in [-0.05, 0) is 50.6 Å². The zero-order valence-corrected chi connectivity index (χ0v) is 16.9. The van der Waals surface area contributed by atoms with E-state index in [1.54, 1.807) is 43.3 Å². The van der Waals surface area contributed by atoms with Gasteiger partial charge in [-0.25, -0.2) is 4.68 Å². The van der Waals surface area contributed by atoms with Gasteiger partial charge in [-0.15, -0.1) is 0 Å². The Morgan fingerprint density at radius 3 is 2.43 bits per heavy atom. The molecular weight excluding hydrogens is 382 g/mol. The van der Waals surface area contributed by atoms with Gasteiger partial charge in [0.1, 0.15) is 0 Å². The molecule has 4 aromatic rings. The van der Waals surface area contributed by atoms with Gasteiger partial charge in [0.05, 0.1) is 5.39 Å². The molecule has 0 aliphatic rings. The molecule has 0 radical (unpaired) electrons. The minimum absolute atomic E-state index is 0.0694. The number of aromatic nitrogens is 3. The average molecular weight is 403 g/mol. The van der Waals surface area contributed by atoms with Gasteiger partial charge in [-0.1, -0.05) is 18.2 Å². The summed E-state index contributed by atoms with van der Waals surface area (Å²) in [5.74, 6) is -1.05. The van der Waals surface area contributed by atoms with Crippen LogP contribution in [0.3, 0.4) is 0 Å². The van der Waals surface area contributed by atoms with Crippen LogP contribution in [0, 0.1) is 13.8 Å². The van der Waals surface area contributed by atoms with Gasteiger partial charge >= 0.3 is 0 Å². The fourth-order valence-corrected chi connectivity index (χ4v) is 3.46. The normalized spacial score (nSPS) is 11.0. The fourth-order valence-electron chi connectivity index (χ4n) is 3.46. The number of nitrogens with one attached hydrogen (secondary N) is 3. The maximum atomic E-state index is 12.7. The molecule has 0 bridgehead atoms. The molecule has 8 heteroatoms. The quantitative estimate of drug-likeness (QED) is 0.457. The van der Waals surface area contributed by atoms with Crippen LogP contribution in [-0.2, 0) is 6.54 Å². The van der Waals surface area contributed by atoms with E-state index >= 15 is 0 Å². The molecule has 2 amide bonds. The third-order valence-corrected chi connectivity index (χ3v) is 5.24. The smallest absolute Gasteiger partial charge is 0.290 e. The zero-order valence-electron chi connectivity index (χ0n) is 16.9. The second-order valence-electron chi connectivity index (χ2n) is 7.06. The maximum absolute atomic E-state index is 12.7. The number of aryl methyl sites for hydroxylation is 3. The van der Waals surface area contributed by atoms with E-state index < -0.39 is 11.8 Å². The molecule has 152 valence electrons. The number of hydrazine groups is 1. The Bertz CT molecular complexity index is 1370. The molecule has 0 atom stereocenters. The minimum atomic E-state index is -0.600. The lowest BCUT2D eigenvalue weighted by Crippen LogP contribution is -2.42. The number of fused-ring (bicyclic) bond motifs is 2. The van der Waals surface area contributed by atoms with Gasteiger partial charge in [-0.2, -0.15) is 5.10 Å². The second kappa shape index (κ2) is 7.47. The topological polar surface area (TPSA) is 109 Å². The van der Waals surface area contributed by atoms with Crippen molar-refractivity contribution in [2.45, 2.75) is 27.3 Å². The van der Waals surface area contributed by atoms with Gasteiger partial charge in [0.2, 0.25) is 0 Å². The molecule has 0 saturated heterocycles. The molecule has 8 nitrogen and oxygen atoms in total. The van der Waals surface area contributed by atoms with E-state index in [2.05, 4.69) is 20.9 Å². The molecule has 2 aromatic carbocycles. The monoisotopic (exact) mass is 403 g/mol. The molecule has 0 aliphatic heterocycles. The van der Waals surface area contributed by atoms with E-state index in [0.29, 0.717) is 22.9 Å². The molecule has 4 rings (SSSR count). The first-order valence-corrected chi connectivity index (χ1v) is 9.60. The number of aromatic amines is 1. The second-order valence-corrected chi connectivity index (χ2v) is 7.06. The van der Waals surface area contributed by atoms with Crippen molar-refractivity contribution in [2.24, 2.45) is 0 Å². The number of hydrogen-bond acceptors (Lipinski definition) is 4. The van der Waals surface area contributed by atoms with Crippen LogP contribution in [0.15, 0.2) is 47.3 Å². The van der Waals surface area contributed by atoms with Crippen LogP contribution in [0.2, 0.25) is 0 Å². The fraction of sp³-hybridized carbons (Fsp3) is 0.182. The molecule has 0 saturated carbocycles. The number of carbonyl (C=O) groups excluding carboxylic acids is 2. The molecule has 2 aromatic heterocycles. The minimum Gasteiger partial charge on any atom is -0.358 e. The van der Waals surface area contributed by atoms with Crippen molar-refractivity contribution in [2.75, 3.05) is 0 Å². The van der Waals surface area contributed by atoms with Crippen LogP contribution in [0.4, 0.5) is 0 Å². The highest BCUT2D eigenvalue weighted by Gasteiger charge is 2.17. The maximum Gasteiger partial charge on any atom is 0.290 e. The SMILES string of the molecule is CCn1nc(C(=O)NNC(=O)c2ccc3[nH]c(C)c(C)c3c2)c2ccccc2c1=O. The van der Waals surface area contributed by atoms with Crippen LogP contribution in [0.5, 0.6) is 0 Å². The van der Waals surface area contributed by atoms with E-state index in [-0.39, 0.29) is 11.3 Å². The van der Waals surface area contributed by atoms with Crippen LogP contribution in [0.1, 0.15) is 39.0 Å². The predicted molar refractivity (Wildman–Crippen MR) is 114 cm³/mol. The molecule has 0 unspecified atom stereocenters. The highest BCUT2D eigenvalue weighted by atomic mass is 16.2. The van der Waals surface area contributed by atoms with Crippen LogP contribution < -0.4 is 16.4 Å². The van der Waals surface area contributed by atoms with E-state index in [4.69, 9.17) is 0 Å². The van der Waals surface area contributed by atoms with Gasteiger partial charge in [0, 0.05) is 34.1 Å². The lowest BCUT2D eigenvalue weighted by atomic mass is 10.1. The molecule has 0 aliphatic carbocycles. The number of benzene rings is 2. The van der Waals surface area contributed by atoms with Crippen LogP contribution in [-0.4, -0.2) is 26.6 Å². The zero-order chi connectivity index (χ0) is 21.4. The van der Waals surface area contributed by atoms with Gasteiger partial charge in [0.25, 0.3) is 17.4 Å². The summed E-state index contributed by atoms with van der Waals surface area (Å²) >= 11 is 0. The Kier molecular flexibility index (Phi) is 4.83. The van der Waals surface area contributed by atoms with E-state index in [1.807, 2.05) is 19.9 Å². The summed E-state index contributed by atoms with van der Waals surface area (Å²) in [7, 11) is 0. The molecule has 0 fully saturated rings. The van der Waals surface area contributed by atoms with Crippen molar-refractivity contribution < 1.29 is 9.59 Å². The summed E-state index contributed by atoms with van der Waals surface area (Å²) in [6.45, 7) is 6.05. The molecule has 2 heterocycles. The van der Waals surface area contributed by atoms with E-state index in [1.165, 1.54) is 4.68 Å². The number of nitrogens with zero attached hydrogens (tertiary/aromatic N) is 2. The highest BCUT2D eigenvalue weighted by molar-refractivity contribution is 6.06. The van der Waals surface area contributed by atoms with E-state index in [9.17, 15) is 14.4 Å². The number of amides is 2. The summed E-state index contributed by atoms with van der Waals surface area (Å²) in [5.41, 5.74) is 8.11. The van der Waals surface area contributed by atoms with Crippen LogP contribution >= 0.6 is 0 Å². The Morgan fingerprint density at radius 1 is 1.00 bits per heavy atom. The van der Waals surface area contributed by atoms with Crippen LogP contribution in [0.25, 0.3) is 21.7 Å². The lowest BCUT2D eigenvalue weighted by molar-refractivity contribution is 0.0843. The van der Waals surface area contributed by atoms with Gasteiger partial charge in [-0.3, -0.25) is 25.2 Å². The number of carbonyl (C=O) groups is 2. The number of H-pyrrole nitrogens is 1. The van der Waals surface area contributed by atoms with Crippen molar-refractivity contribution in [1.82, 2.24) is 25.6 Å². The summed E-state index contributed by atoms with van der Waals surface area (Å²) in [6.07, 6.45) is 0. The Labute approximate surface area is 171 Å². The largest absolute Gasteiger partial charge is 0.358 e. The first kappa shape index (κ1) is 19.4. The molecule has 30 heavy (non-hydrogen) atoms. The van der Waals surface area contributed by atoms with Gasteiger partial charge < -0.3 is 4.98 Å². The Morgan fingerprint density at radius 2 is 1.70 bits per heavy atom. The van der Waals surface area contributed by atoms with Crippen molar-refractivity contribution in [1.29, 1.82) is 0 Å². The van der Waals surface area contributed by atoms with Crippen molar-refractivity contribution in [3.05, 3.63) is 75.3 Å². The van der Waals surface area contributed by atoms with Crippen molar-refractivity contribution >= 4 is 33.5 Å². The molecular formula is C22H21N5O3. The summed E-state index contributed by atoms with van der Waals surface area (Å²) in [5, 5.41) is 5.94. The molecule has 3 N–H and O–H groups in total. The summed E-state index contributed by atoms with van der Waals surface area (Å²) in [4.78, 5) is 41.0. The molecule has 0 spiro atoms. The first-order chi connectivity index (χ1) is 14.4. The third-order valence-electron chi connectivity index (χ3n) is 5.24. The Hall–Kier alpha value is -3.94. The Balaban J connectivity index is 1.59. The van der Waals surface area contributed by atoms with Gasteiger partial charge in [0.15, 0.2) is 5.69 Å². The first-order valence-electron chi connectivity index (χ1n) is 9.60. The highest BCUT2D eigenvalue weighted by Crippen LogP contribution is 2.22.